The maximum atomic E-state index is 12.5. The van der Waals surface area contributed by atoms with Crippen molar-refractivity contribution in [3.63, 3.8) is 0 Å². The van der Waals surface area contributed by atoms with Crippen LogP contribution < -0.4 is 0 Å². The van der Waals surface area contributed by atoms with Crippen LogP contribution in [0.2, 0.25) is 5.02 Å². The van der Waals surface area contributed by atoms with Crippen molar-refractivity contribution in [3.05, 3.63) is 34.9 Å². The fourth-order valence-corrected chi connectivity index (χ4v) is 4.64. The number of halogens is 1. The van der Waals surface area contributed by atoms with E-state index < -0.39 is 0 Å². The van der Waals surface area contributed by atoms with Gasteiger partial charge in [-0.15, -0.1) is 0 Å². The molecular formula is C17H22ClNO2S. The van der Waals surface area contributed by atoms with E-state index >= 15 is 0 Å². The Morgan fingerprint density at radius 2 is 2.09 bits per heavy atom. The molecule has 2 saturated heterocycles. The van der Waals surface area contributed by atoms with Crippen molar-refractivity contribution >= 4 is 30.2 Å². The highest BCUT2D eigenvalue weighted by atomic mass is 35.5. The summed E-state index contributed by atoms with van der Waals surface area (Å²) in [5, 5.41) is 0.730. The molecule has 0 spiro atoms. The second kappa shape index (κ2) is 6.81. The van der Waals surface area contributed by atoms with Gasteiger partial charge in [0.15, 0.2) is 0 Å². The van der Waals surface area contributed by atoms with Gasteiger partial charge in [-0.2, -0.15) is 12.6 Å². The normalized spacial score (nSPS) is 31.2. The summed E-state index contributed by atoms with van der Waals surface area (Å²) in [5.74, 6) is 0.865. The number of nitrogens with zero attached hydrogens (tertiary/aromatic N) is 1. The first kappa shape index (κ1) is 16.2. The number of piperidine rings is 1. The van der Waals surface area contributed by atoms with Gasteiger partial charge in [0.2, 0.25) is 0 Å². The van der Waals surface area contributed by atoms with Crippen molar-refractivity contribution in [3.8, 4) is 0 Å². The molecule has 0 radical (unpaired) electrons. The van der Waals surface area contributed by atoms with Gasteiger partial charge in [0.1, 0.15) is 0 Å². The molecule has 1 aromatic carbocycles. The molecule has 0 aromatic heterocycles. The first-order chi connectivity index (χ1) is 10.7. The van der Waals surface area contributed by atoms with Crippen LogP contribution in [-0.4, -0.2) is 42.4 Å². The van der Waals surface area contributed by atoms with Crippen LogP contribution in [0.25, 0.3) is 0 Å². The van der Waals surface area contributed by atoms with Gasteiger partial charge in [0, 0.05) is 35.3 Å². The topological polar surface area (TPSA) is 29.5 Å². The second-order valence-corrected chi connectivity index (χ2v) is 7.09. The van der Waals surface area contributed by atoms with Gasteiger partial charge in [-0.25, -0.2) is 0 Å². The minimum absolute atomic E-state index is 0.0885. The van der Waals surface area contributed by atoms with Crippen molar-refractivity contribution in [1.29, 1.82) is 0 Å². The number of methoxy groups -OCH3 is 1. The van der Waals surface area contributed by atoms with E-state index in [0.717, 1.165) is 36.6 Å². The monoisotopic (exact) mass is 339 g/mol. The van der Waals surface area contributed by atoms with Crippen molar-refractivity contribution in [1.82, 2.24) is 4.90 Å². The third kappa shape index (κ3) is 2.89. The number of esters is 1. The molecule has 2 fully saturated rings. The fraction of sp³-hybridized carbons (Fsp3) is 0.588. The van der Waals surface area contributed by atoms with Crippen molar-refractivity contribution in [2.24, 2.45) is 5.92 Å². The van der Waals surface area contributed by atoms with E-state index in [4.69, 9.17) is 16.3 Å². The number of ether oxygens (including phenoxy) is 1. The first-order valence-electron chi connectivity index (χ1n) is 7.85. The molecule has 2 bridgehead atoms. The summed E-state index contributed by atoms with van der Waals surface area (Å²) >= 11 is 10.4. The van der Waals surface area contributed by atoms with Crippen molar-refractivity contribution in [2.75, 3.05) is 19.4 Å². The molecule has 0 N–H and O–H groups in total. The Morgan fingerprint density at radius 1 is 1.36 bits per heavy atom. The van der Waals surface area contributed by atoms with Crippen LogP contribution in [0.15, 0.2) is 24.3 Å². The molecule has 1 aromatic rings. The molecule has 2 aliphatic heterocycles. The van der Waals surface area contributed by atoms with Gasteiger partial charge >= 0.3 is 5.97 Å². The number of hydrogen-bond acceptors (Lipinski definition) is 4. The highest BCUT2D eigenvalue weighted by Gasteiger charge is 2.50. The van der Waals surface area contributed by atoms with Gasteiger partial charge < -0.3 is 4.74 Å². The Kier molecular flexibility index (Phi) is 5.00. The molecule has 0 saturated carbocycles. The maximum Gasteiger partial charge on any atom is 0.310 e. The number of carbonyl (C=O) groups is 1. The van der Waals surface area contributed by atoms with Crippen LogP contribution in [0.1, 0.15) is 30.7 Å². The zero-order chi connectivity index (χ0) is 15.7. The van der Waals surface area contributed by atoms with Crippen LogP contribution in [0.3, 0.4) is 0 Å². The number of thiol groups is 1. The summed E-state index contributed by atoms with van der Waals surface area (Å²) in [6.07, 6.45) is 3.24. The Labute approximate surface area is 142 Å². The van der Waals surface area contributed by atoms with E-state index in [1.807, 2.05) is 12.1 Å². The molecular weight excluding hydrogens is 318 g/mol. The summed E-state index contributed by atoms with van der Waals surface area (Å²) in [5.41, 5.74) is 1.20. The Morgan fingerprint density at radius 3 is 2.73 bits per heavy atom. The van der Waals surface area contributed by atoms with Crippen LogP contribution in [-0.2, 0) is 9.53 Å². The molecule has 0 amide bonds. The third-order valence-corrected chi connectivity index (χ3v) is 5.65. The molecule has 0 unspecified atom stereocenters. The molecule has 4 atom stereocenters. The van der Waals surface area contributed by atoms with E-state index in [-0.39, 0.29) is 23.8 Å². The summed E-state index contributed by atoms with van der Waals surface area (Å²) < 4.78 is 5.13. The highest BCUT2D eigenvalue weighted by molar-refractivity contribution is 7.80. The quantitative estimate of drug-likeness (QED) is 0.673. The maximum absolute atomic E-state index is 12.5. The van der Waals surface area contributed by atoms with E-state index in [1.54, 1.807) is 0 Å². The van der Waals surface area contributed by atoms with E-state index in [0.29, 0.717) is 6.04 Å². The predicted molar refractivity (Wildman–Crippen MR) is 91.7 cm³/mol. The largest absolute Gasteiger partial charge is 0.469 e. The third-order valence-electron chi connectivity index (χ3n) is 5.19. The lowest BCUT2D eigenvalue weighted by molar-refractivity contribution is -0.150. The number of carbonyl (C=O) groups excluding carboxylic acids is 1. The predicted octanol–water partition coefficient (Wildman–Crippen LogP) is 3.38. The summed E-state index contributed by atoms with van der Waals surface area (Å²) in [7, 11) is 1.49. The van der Waals surface area contributed by atoms with Crippen LogP contribution in [0.4, 0.5) is 0 Å². The summed E-state index contributed by atoms with van der Waals surface area (Å²) in [6.45, 7) is 0.944. The lowest BCUT2D eigenvalue weighted by Gasteiger charge is -2.43. The number of benzene rings is 1. The molecule has 120 valence electrons. The highest BCUT2D eigenvalue weighted by Crippen LogP contribution is 2.47. The average Bonchev–Trinajstić information content (AvgIpc) is 2.80. The van der Waals surface area contributed by atoms with Crippen LogP contribution in [0.5, 0.6) is 0 Å². The smallest absolute Gasteiger partial charge is 0.310 e. The summed E-state index contributed by atoms with van der Waals surface area (Å²) in [4.78, 5) is 14.9. The van der Waals surface area contributed by atoms with Crippen molar-refractivity contribution < 1.29 is 9.53 Å². The summed E-state index contributed by atoms with van der Waals surface area (Å²) in [6, 6.07) is 8.76. The van der Waals surface area contributed by atoms with Gasteiger partial charge in [-0.05, 0) is 37.0 Å². The van der Waals surface area contributed by atoms with E-state index in [1.165, 1.54) is 12.7 Å². The Bertz CT molecular complexity index is 536. The average molecular weight is 340 g/mol. The lowest BCUT2D eigenvalue weighted by Crippen LogP contribution is -2.51. The van der Waals surface area contributed by atoms with Gasteiger partial charge in [-0.1, -0.05) is 23.7 Å². The van der Waals surface area contributed by atoms with Crippen LogP contribution in [0, 0.1) is 5.92 Å². The lowest BCUT2D eigenvalue weighted by atomic mass is 9.76. The minimum Gasteiger partial charge on any atom is -0.469 e. The zero-order valence-corrected chi connectivity index (χ0v) is 14.4. The van der Waals surface area contributed by atoms with Gasteiger partial charge in [0.25, 0.3) is 0 Å². The molecule has 2 aliphatic rings. The Hall–Kier alpha value is -0.710. The number of fused-ring (bicyclic) bond motifs is 2. The number of hydrogen-bond donors (Lipinski definition) is 1. The van der Waals surface area contributed by atoms with Gasteiger partial charge in [0.05, 0.1) is 13.0 Å². The van der Waals surface area contributed by atoms with Crippen molar-refractivity contribution in [2.45, 2.75) is 37.3 Å². The van der Waals surface area contributed by atoms with Crippen LogP contribution >= 0.6 is 24.2 Å². The molecule has 3 rings (SSSR count). The fourth-order valence-electron chi connectivity index (χ4n) is 4.29. The first-order valence-corrected chi connectivity index (χ1v) is 8.86. The Balaban J connectivity index is 1.92. The standard InChI is InChI=1S/C17H22ClNO2S/c1-21-17(20)16-14(11-2-4-12(18)5-3-11)10-13-6-7-15(16)19(13)8-9-22/h2-5,13-16,22H,6-10H2,1H3/t13-,14-,15+,16+/m1/s1. The molecule has 22 heavy (non-hydrogen) atoms. The SMILES string of the molecule is COC(=O)[C@H]1[C@@H](c2ccc(Cl)cc2)C[C@H]2CC[C@@H]1N2CCS. The number of rotatable bonds is 4. The molecule has 2 heterocycles. The van der Waals surface area contributed by atoms with E-state index in [9.17, 15) is 4.79 Å². The minimum atomic E-state index is -0.0928. The molecule has 0 aliphatic carbocycles. The molecule has 3 nitrogen and oxygen atoms in total. The zero-order valence-electron chi connectivity index (χ0n) is 12.7. The van der Waals surface area contributed by atoms with E-state index in [2.05, 4.69) is 29.7 Å². The second-order valence-electron chi connectivity index (χ2n) is 6.20. The molecule has 5 heteroatoms. The van der Waals surface area contributed by atoms with Gasteiger partial charge in [-0.3, -0.25) is 9.69 Å².